The molecule has 2 heterocycles. The minimum Gasteiger partial charge on any atom is -0.396 e. The lowest BCUT2D eigenvalue weighted by Gasteiger charge is -2.01. The molecule has 18 heavy (non-hydrogen) atoms. The molecule has 0 saturated heterocycles. The molecule has 2 aromatic heterocycles. The SMILES string of the molecule is Cc1ncc(C[n+]2[13cH]s[13c](CCO)[13c]2[13CH3])c(N)n1. The maximum absolute atomic E-state index is 8.98. The molecule has 0 aliphatic carbocycles. The summed E-state index contributed by atoms with van der Waals surface area (Å²) in [5.74, 6) is 1.22. The fourth-order valence-corrected chi connectivity index (χ4v) is 2.75. The normalized spacial score (nSPS) is 10.8. The number of thiazole rings is 1. The van der Waals surface area contributed by atoms with Crippen molar-refractivity contribution >= 4 is 17.2 Å². The molecule has 6 heteroatoms. The van der Waals surface area contributed by atoms with Gasteiger partial charge >= 0.3 is 0 Å². The lowest BCUT2D eigenvalue weighted by Crippen LogP contribution is -2.35. The Labute approximate surface area is 110 Å². The topological polar surface area (TPSA) is 75.9 Å². The number of aliphatic hydroxyl groups excluding tert-OH is 1. The smallest absolute Gasteiger partial charge is 0.225 e. The molecule has 5 nitrogen and oxygen atoms in total. The molecule has 2 aromatic rings. The third-order valence-corrected chi connectivity index (χ3v) is 4.00. The molecule has 3 N–H and O–H groups in total. The van der Waals surface area contributed by atoms with Gasteiger partial charge in [-0.3, -0.25) is 0 Å². The Morgan fingerprint density at radius 1 is 1.44 bits per heavy atom. The average Bonchev–Trinajstić information content (AvgIpc) is 2.66. The summed E-state index contributed by atoms with van der Waals surface area (Å²) in [5, 5.41) is 8.98. The fraction of sp³-hybridized carbons (Fsp3) is 0.417. The summed E-state index contributed by atoms with van der Waals surface area (Å²) in [5.41, 5.74) is 10.0. The van der Waals surface area contributed by atoms with Crippen LogP contribution in [0.1, 0.15) is 22.0 Å². The highest BCUT2D eigenvalue weighted by Crippen LogP contribution is 2.13. The first kappa shape index (κ1) is 12.9. The molecule has 0 bridgehead atoms. The molecular formula is C12H17N4OS+. The molecule has 96 valence electrons. The molecule has 0 aliphatic heterocycles. The van der Waals surface area contributed by atoms with Crippen molar-refractivity contribution in [2.75, 3.05) is 12.3 Å². The molecule has 0 spiro atoms. The van der Waals surface area contributed by atoms with Crippen LogP contribution >= 0.6 is 11.3 Å². The van der Waals surface area contributed by atoms with Gasteiger partial charge in [-0.25, -0.2) is 9.97 Å². The number of aryl methyl sites for hydroxylation is 1. The number of anilines is 1. The monoisotopic (exact) mass is 269 g/mol. The quantitative estimate of drug-likeness (QED) is 0.630. The largest absolute Gasteiger partial charge is 0.396 e. The van der Waals surface area contributed by atoms with Gasteiger partial charge in [0.2, 0.25) is 5.51 Å². The van der Waals surface area contributed by atoms with Crippen molar-refractivity contribution in [3.63, 3.8) is 0 Å². The van der Waals surface area contributed by atoms with Crippen LogP contribution in [0.15, 0.2) is 11.7 Å². The molecule has 0 atom stereocenters. The predicted octanol–water partition coefficient (Wildman–Crippen LogP) is 0.608. The summed E-state index contributed by atoms with van der Waals surface area (Å²) >= 11 is 1.65. The van der Waals surface area contributed by atoms with Crippen molar-refractivity contribution in [3.8, 4) is 0 Å². The van der Waals surface area contributed by atoms with Gasteiger partial charge < -0.3 is 10.8 Å². The van der Waals surface area contributed by atoms with Crippen molar-refractivity contribution < 1.29 is 9.67 Å². The van der Waals surface area contributed by atoms with Crippen LogP contribution in [-0.2, 0) is 13.0 Å². The van der Waals surface area contributed by atoms with E-state index in [2.05, 4.69) is 14.5 Å². The van der Waals surface area contributed by atoms with E-state index in [1.807, 2.05) is 19.4 Å². The van der Waals surface area contributed by atoms with Gasteiger partial charge in [-0.1, -0.05) is 11.3 Å². The number of aliphatic hydroxyl groups is 1. The van der Waals surface area contributed by atoms with Gasteiger partial charge in [0.05, 0.1) is 10.4 Å². The number of hydrogen-bond donors (Lipinski definition) is 2. The molecule has 0 radical (unpaired) electrons. The molecule has 0 aliphatic rings. The van der Waals surface area contributed by atoms with Crippen molar-refractivity contribution in [2.45, 2.75) is 26.8 Å². The first-order valence-electron chi connectivity index (χ1n) is 5.77. The van der Waals surface area contributed by atoms with E-state index in [-0.39, 0.29) is 6.61 Å². The van der Waals surface area contributed by atoms with E-state index in [0.29, 0.717) is 24.6 Å². The Bertz CT molecular complexity index is 553. The number of nitrogens with two attached hydrogens (primary N) is 1. The van der Waals surface area contributed by atoms with E-state index in [1.165, 1.54) is 4.88 Å². The summed E-state index contributed by atoms with van der Waals surface area (Å²) < 4.78 is 2.11. The maximum Gasteiger partial charge on any atom is 0.225 e. The Balaban J connectivity index is 2.23. The molecule has 0 unspecified atom stereocenters. The molecule has 0 amide bonds. The van der Waals surface area contributed by atoms with Crippen LogP contribution in [0.4, 0.5) is 5.82 Å². The van der Waals surface area contributed by atoms with Gasteiger partial charge in [0, 0.05) is 26.1 Å². The minimum atomic E-state index is 0.178. The molecule has 0 aromatic carbocycles. The lowest BCUT2D eigenvalue weighted by atomic mass is 10.3. The first-order chi connectivity index (χ1) is 8.61. The summed E-state index contributed by atoms with van der Waals surface area (Å²) in [6.45, 7) is 4.71. The molecule has 2 rings (SSSR count). The summed E-state index contributed by atoms with van der Waals surface area (Å²) in [7, 11) is 0. The van der Waals surface area contributed by atoms with Crippen LogP contribution in [0.2, 0.25) is 0 Å². The lowest BCUT2D eigenvalue weighted by molar-refractivity contribution is -0.689. The number of hydrogen-bond acceptors (Lipinski definition) is 5. The summed E-state index contributed by atoms with van der Waals surface area (Å²) in [6, 6.07) is 0. The van der Waals surface area contributed by atoms with Crippen LogP contribution in [0.3, 0.4) is 0 Å². The van der Waals surface area contributed by atoms with Gasteiger partial charge in [0.15, 0.2) is 12.2 Å². The zero-order valence-corrected chi connectivity index (χ0v) is 11.4. The third-order valence-electron chi connectivity index (χ3n) is 2.85. The Morgan fingerprint density at radius 2 is 2.22 bits per heavy atom. The van der Waals surface area contributed by atoms with Crippen molar-refractivity contribution in [3.05, 3.63) is 33.7 Å². The van der Waals surface area contributed by atoms with Crippen molar-refractivity contribution in [1.82, 2.24) is 9.97 Å². The van der Waals surface area contributed by atoms with Gasteiger partial charge in [-0.05, 0) is 6.92 Å². The van der Waals surface area contributed by atoms with Gasteiger partial charge in [-0.15, -0.1) is 0 Å². The summed E-state index contributed by atoms with van der Waals surface area (Å²) in [4.78, 5) is 9.53. The fourth-order valence-electron chi connectivity index (χ4n) is 1.77. The third kappa shape index (κ3) is 2.65. The standard InChI is InChI=1S/C12H17N4OS/c1-8-11(3-4-17)18-7-16(8)6-10-5-14-9(2)15-12(10)13/h5,7,17H,3-4,6H2,1-2H3,(H2,13,14,15)/q+1/i1+1,7+1,8+1,11+1. The van der Waals surface area contributed by atoms with E-state index in [9.17, 15) is 0 Å². The van der Waals surface area contributed by atoms with Crippen LogP contribution in [0.25, 0.3) is 0 Å². The molecule has 0 fully saturated rings. The van der Waals surface area contributed by atoms with Crippen LogP contribution in [0.5, 0.6) is 0 Å². The zero-order valence-electron chi connectivity index (χ0n) is 10.6. The molecular weight excluding hydrogens is 252 g/mol. The maximum atomic E-state index is 8.98. The second kappa shape index (κ2) is 5.41. The van der Waals surface area contributed by atoms with Crippen molar-refractivity contribution in [2.24, 2.45) is 0 Å². The highest BCUT2D eigenvalue weighted by atomic mass is 32.1. The number of aromatic nitrogens is 3. The van der Waals surface area contributed by atoms with Gasteiger partial charge in [-0.2, -0.15) is 4.57 Å². The van der Waals surface area contributed by atoms with Crippen LogP contribution in [-0.4, -0.2) is 21.7 Å². The van der Waals surface area contributed by atoms with E-state index in [4.69, 9.17) is 10.8 Å². The zero-order chi connectivity index (χ0) is 13.1. The highest BCUT2D eigenvalue weighted by molar-refractivity contribution is 7.09. The van der Waals surface area contributed by atoms with E-state index in [1.54, 1.807) is 17.5 Å². The second-order valence-corrected chi connectivity index (χ2v) is 5.10. The number of nitrogen functional groups attached to an aromatic ring is 1. The Hall–Kier alpha value is -1.53. The van der Waals surface area contributed by atoms with Crippen molar-refractivity contribution in [1.29, 1.82) is 0 Å². The highest BCUT2D eigenvalue weighted by Gasteiger charge is 2.16. The minimum absolute atomic E-state index is 0.178. The van der Waals surface area contributed by atoms with Gasteiger partial charge in [0.25, 0.3) is 0 Å². The Morgan fingerprint density at radius 3 is 2.89 bits per heavy atom. The Kier molecular flexibility index (Phi) is 3.88. The number of rotatable bonds is 4. The second-order valence-electron chi connectivity index (χ2n) is 4.16. The van der Waals surface area contributed by atoms with Crippen LogP contribution < -0.4 is 10.3 Å². The number of nitrogens with zero attached hydrogens (tertiary/aromatic N) is 3. The average molecular weight is 269 g/mol. The predicted molar refractivity (Wildman–Crippen MR) is 70.3 cm³/mol. The van der Waals surface area contributed by atoms with Crippen LogP contribution in [0, 0.1) is 13.8 Å². The first-order valence-corrected chi connectivity index (χ1v) is 6.65. The van der Waals surface area contributed by atoms with E-state index >= 15 is 0 Å². The van der Waals surface area contributed by atoms with E-state index in [0.717, 1.165) is 11.3 Å². The van der Waals surface area contributed by atoms with E-state index < -0.39 is 0 Å². The van der Waals surface area contributed by atoms with Gasteiger partial charge in [0.1, 0.15) is 11.6 Å². The molecule has 0 saturated carbocycles. The summed E-state index contributed by atoms with van der Waals surface area (Å²) in [6.07, 6.45) is 2.47.